The van der Waals surface area contributed by atoms with Crippen molar-refractivity contribution in [3.05, 3.63) is 57.9 Å². The SMILES string of the molecule is CCN(c1ccc2sc(C(=O)NC3CCCCC3)cc2c1)S(=O)(=O)c1ccc(Br)cc1. The van der Waals surface area contributed by atoms with Crippen LogP contribution in [0.4, 0.5) is 5.69 Å². The number of rotatable bonds is 6. The minimum absolute atomic E-state index is 0.0375. The average Bonchev–Trinajstić information content (AvgIpc) is 3.19. The van der Waals surface area contributed by atoms with Gasteiger partial charge in [-0.1, -0.05) is 35.2 Å². The van der Waals surface area contributed by atoms with Crippen molar-refractivity contribution in [3.63, 3.8) is 0 Å². The van der Waals surface area contributed by atoms with Crippen LogP contribution in [0, 0.1) is 0 Å². The number of sulfonamides is 1. The van der Waals surface area contributed by atoms with Gasteiger partial charge in [-0.05, 0) is 73.7 Å². The summed E-state index contributed by atoms with van der Waals surface area (Å²) in [6.45, 7) is 2.13. The second kappa shape index (κ2) is 9.30. The number of halogens is 1. The second-order valence-corrected chi connectivity index (χ2v) is 11.6. The van der Waals surface area contributed by atoms with Crippen molar-refractivity contribution in [1.29, 1.82) is 0 Å². The molecule has 8 heteroatoms. The van der Waals surface area contributed by atoms with Crippen molar-refractivity contribution in [3.8, 4) is 0 Å². The van der Waals surface area contributed by atoms with Crippen LogP contribution < -0.4 is 9.62 Å². The van der Waals surface area contributed by atoms with Gasteiger partial charge >= 0.3 is 0 Å². The Bertz CT molecular complexity index is 1180. The highest BCUT2D eigenvalue weighted by Gasteiger charge is 2.24. The lowest BCUT2D eigenvalue weighted by molar-refractivity contribution is 0.0932. The largest absolute Gasteiger partial charge is 0.349 e. The Labute approximate surface area is 195 Å². The van der Waals surface area contributed by atoms with Crippen LogP contribution in [-0.2, 0) is 10.0 Å². The van der Waals surface area contributed by atoms with Crippen LogP contribution in [0.2, 0.25) is 0 Å². The molecule has 0 spiro atoms. The molecule has 0 unspecified atom stereocenters. The molecule has 0 saturated heterocycles. The quantitative estimate of drug-likeness (QED) is 0.437. The van der Waals surface area contributed by atoms with Gasteiger partial charge in [0.25, 0.3) is 15.9 Å². The van der Waals surface area contributed by atoms with E-state index in [9.17, 15) is 13.2 Å². The minimum atomic E-state index is -3.68. The van der Waals surface area contributed by atoms with Crippen molar-refractivity contribution >= 4 is 59.0 Å². The summed E-state index contributed by atoms with van der Waals surface area (Å²) < 4.78 is 29.6. The topological polar surface area (TPSA) is 66.5 Å². The number of nitrogens with one attached hydrogen (secondary N) is 1. The monoisotopic (exact) mass is 520 g/mol. The molecule has 4 rings (SSSR count). The summed E-state index contributed by atoms with van der Waals surface area (Å²) in [6.07, 6.45) is 5.66. The van der Waals surface area contributed by atoms with Crippen LogP contribution in [0.1, 0.15) is 48.7 Å². The number of fused-ring (bicyclic) bond motifs is 1. The molecule has 164 valence electrons. The van der Waals surface area contributed by atoms with Crippen LogP contribution >= 0.6 is 27.3 Å². The molecule has 1 heterocycles. The molecule has 0 bridgehead atoms. The zero-order chi connectivity index (χ0) is 22.0. The van der Waals surface area contributed by atoms with Gasteiger partial charge < -0.3 is 5.32 Å². The van der Waals surface area contributed by atoms with Crippen LogP contribution in [0.3, 0.4) is 0 Å². The summed E-state index contributed by atoms with van der Waals surface area (Å²) in [4.78, 5) is 13.6. The van der Waals surface area contributed by atoms with E-state index in [0.717, 1.165) is 27.4 Å². The predicted molar refractivity (Wildman–Crippen MR) is 131 cm³/mol. The van der Waals surface area contributed by atoms with Gasteiger partial charge in [-0.2, -0.15) is 0 Å². The first kappa shape index (κ1) is 22.3. The molecule has 1 aliphatic rings. The number of hydrogen-bond acceptors (Lipinski definition) is 4. The number of carbonyl (C=O) groups is 1. The van der Waals surface area contributed by atoms with Crippen molar-refractivity contribution in [2.45, 2.75) is 50.0 Å². The van der Waals surface area contributed by atoms with Gasteiger partial charge in [0.15, 0.2) is 0 Å². The van der Waals surface area contributed by atoms with Crippen molar-refractivity contribution in [2.75, 3.05) is 10.8 Å². The van der Waals surface area contributed by atoms with E-state index in [-0.39, 0.29) is 16.8 Å². The van der Waals surface area contributed by atoms with Gasteiger partial charge in [0, 0.05) is 21.8 Å². The van der Waals surface area contributed by atoms with E-state index in [1.54, 1.807) is 24.3 Å². The van der Waals surface area contributed by atoms with Crippen LogP contribution in [0.25, 0.3) is 10.1 Å². The molecule has 1 aromatic heterocycles. The third kappa shape index (κ3) is 4.81. The Kier molecular flexibility index (Phi) is 6.69. The molecule has 0 radical (unpaired) electrons. The smallest absolute Gasteiger partial charge is 0.264 e. The number of anilines is 1. The van der Waals surface area contributed by atoms with Gasteiger partial charge in [0.1, 0.15) is 0 Å². The maximum atomic E-state index is 13.2. The lowest BCUT2D eigenvalue weighted by Gasteiger charge is -2.23. The number of thiophene rings is 1. The Morgan fingerprint density at radius 2 is 1.81 bits per heavy atom. The first-order valence-corrected chi connectivity index (χ1v) is 13.6. The van der Waals surface area contributed by atoms with Crippen molar-refractivity contribution in [2.24, 2.45) is 0 Å². The first-order valence-electron chi connectivity index (χ1n) is 10.5. The van der Waals surface area contributed by atoms with E-state index >= 15 is 0 Å². The van der Waals surface area contributed by atoms with E-state index in [1.165, 1.54) is 34.9 Å². The minimum Gasteiger partial charge on any atom is -0.349 e. The average molecular weight is 522 g/mol. The Morgan fingerprint density at radius 3 is 2.48 bits per heavy atom. The van der Waals surface area contributed by atoms with Crippen molar-refractivity contribution in [1.82, 2.24) is 5.32 Å². The zero-order valence-corrected chi connectivity index (χ0v) is 20.5. The lowest BCUT2D eigenvalue weighted by atomic mass is 9.95. The highest BCUT2D eigenvalue weighted by Crippen LogP contribution is 2.32. The summed E-state index contributed by atoms with van der Waals surface area (Å²) in [6, 6.07) is 14.3. The van der Waals surface area contributed by atoms with E-state index in [2.05, 4.69) is 21.2 Å². The van der Waals surface area contributed by atoms with Crippen LogP contribution in [0.15, 0.2) is 57.9 Å². The molecule has 1 amide bonds. The molecule has 1 saturated carbocycles. The maximum Gasteiger partial charge on any atom is 0.264 e. The summed E-state index contributed by atoms with van der Waals surface area (Å²) in [5.74, 6) is -0.0375. The Balaban J connectivity index is 1.60. The molecular weight excluding hydrogens is 496 g/mol. The fourth-order valence-corrected chi connectivity index (χ4v) is 6.70. The van der Waals surface area contributed by atoms with Gasteiger partial charge in [-0.25, -0.2) is 8.42 Å². The number of amides is 1. The molecule has 31 heavy (non-hydrogen) atoms. The van der Waals surface area contributed by atoms with Gasteiger partial charge in [0.2, 0.25) is 0 Å². The highest BCUT2D eigenvalue weighted by atomic mass is 79.9. The fourth-order valence-electron chi connectivity index (χ4n) is 4.03. The number of hydrogen-bond donors (Lipinski definition) is 1. The van der Waals surface area contributed by atoms with Crippen molar-refractivity contribution < 1.29 is 13.2 Å². The van der Waals surface area contributed by atoms with Crippen LogP contribution in [0.5, 0.6) is 0 Å². The third-order valence-corrected chi connectivity index (χ3v) is 9.20. The summed E-state index contributed by atoms with van der Waals surface area (Å²) >= 11 is 4.79. The summed E-state index contributed by atoms with van der Waals surface area (Å²) in [7, 11) is -3.68. The molecule has 1 fully saturated rings. The molecule has 5 nitrogen and oxygen atoms in total. The standard InChI is InChI=1S/C23H25BrN2O3S2/c1-2-26(31(28,29)20-11-8-17(24)9-12-20)19-10-13-21-16(14-19)15-22(30-21)23(27)25-18-6-4-3-5-7-18/h8-15,18H,2-7H2,1H3,(H,25,27). The molecule has 0 atom stereocenters. The first-order chi connectivity index (χ1) is 14.9. The van der Waals surface area contributed by atoms with E-state index < -0.39 is 10.0 Å². The maximum absolute atomic E-state index is 13.2. The summed E-state index contributed by atoms with van der Waals surface area (Å²) in [5, 5.41) is 4.03. The van der Waals surface area contributed by atoms with Gasteiger partial charge in [-0.15, -0.1) is 11.3 Å². The Hall–Kier alpha value is -1.90. The fraction of sp³-hybridized carbons (Fsp3) is 0.348. The van der Waals surface area contributed by atoms with E-state index in [0.29, 0.717) is 17.1 Å². The molecular formula is C23H25BrN2O3S2. The van der Waals surface area contributed by atoms with E-state index in [1.807, 2.05) is 31.2 Å². The van der Waals surface area contributed by atoms with Gasteiger partial charge in [-0.3, -0.25) is 9.10 Å². The highest BCUT2D eigenvalue weighted by molar-refractivity contribution is 9.10. The molecule has 0 aliphatic heterocycles. The predicted octanol–water partition coefficient (Wildman–Crippen LogP) is 5.94. The van der Waals surface area contributed by atoms with Crippen LogP contribution in [-0.4, -0.2) is 26.9 Å². The number of carbonyl (C=O) groups excluding carboxylic acids is 1. The summed E-state index contributed by atoms with van der Waals surface area (Å²) in [5.41, 5.74) is 0.593. The molecule has 3 aromatic rings. The number of benzene rings is 2. The second-order valence-electron chi connectivity index (χ2n) is 7.76. The lowest BCUT2D eigenvalue weighted by Crippen LogP contribution is -2.35. The number of nitrogens with zero attached hydrogens (tertiary/aromatic N) is 1. The third-order valence-electron chi connectivity index (χ3n) is 5.64. The normalized spacial score (nSPS) is 15.2. The zero-order valence-electron chi connectivity index (χ0n) is 17.3. The van der Waals surface area contributed by atoms with Gasteiger partial charge in [0.05, 0.1) is 15.5 Å². The van der Waals surface area contributed by atoms with E-state index in [4.69, 9.17) is 0 Å². The molecule has 2 aromatic carbocycles. The Morgan fingerprint density at radius 1 is 1.10 bits per heavy atom. The molecule has 1 aliphatic carbocycles. The molecule has 1 N–H and O–H groups in total.